The molecule has 1 heterocycles. The number of nitrogens with one attached hydrogen (secondary N) is 2. The summed E-state index contributed by atoms with van der Waals surface area (Å²) in [4.78, 5) is 16.0. The Labute approximate surface area is 154 Å². The van der Waals surface area contributed by atoms with Crippen LogP contribution < -0.4 is 10.6 Å². The first-order chi connectivity index (χ1) is 12.7. The Morgan fingerprint density at radius 2 is 1.65 bits per heavy atom. The molecule has 0 atom stereocenters. The summed E-state index contributed by atoms with van der Waals surface area (Å²) < 4.78 is 0. The van der Waals surface area contributed by atoms with E-state index in [0.29, 0.717) is 13.0 Å². The molecule has 4 nitrogen and oxygen atoms in total. The van der Waals surface area contributed by atoms with E-state index < -0.39 is 0 Å². The Kier molecular flexibility index (Phi) is 5.99. The van der Waals surface area contributed by atoms with Gasteiger partial charge < -0.3 is 10.6 Å². The third-order valence-corrected chi connectivity index (χ3v) is 4.14. The quantitative estimate of drug-likeness (QED) is 0.684. The molecule has 3 rings (SSSR count). The maximum atomic E-state index is 12.1. The number of rotatable bonds is 7. The van der Waals surface area contributed by atoms with Crippen LogP contribution in [0.4, 0.5) is 5.69 Å². The second-order valence-corrected chi connectivity index (χ2v) is 6.35. The van der Waals surface area contributed by atoms with Crippen molar-refractivity contribution in [3.8, 4) is 0 Å². The summed E-state index contributed by atoms with van der Waals surface area (Å²) in [5.74, 6) is 0.0160. The predicted octanol–water partition coefficient (Wildman–Crippen LogP) is 3.86. The SMILES string of the molecule is Cc1cccc(CNc2ccc(CC(=O)NCc3ccncc3)cc2)c1. The van der Waals surface area contributed by atoms with Crippen molar-refractivity contribution in [2.75, 3.05) is 5.32 Å². The highest BCUT2D eigenvalue weighted by molar-refractivity contribution is 5.78. The van der Waals surface area contributed by atoms with Crippen LogP contribution in [0.5, 0.6) is 0 Å². The van der Waals surface area contributed by atoms with Crippen molar-refractivity contribution >= 4 is 11.6 Å². The van der Waals surface area contributed by atoms with Crippen LogP contribution >= 0.6 is 0 Å². The number of hydrogen-bond donors (Lipinski definition) is 2. The second kappa shape index (κ2) is 8.81. The molecule has 0 aliphatic rings. The number of amides is 1. The van der Waals surface area contributed by atoms with Crippen LogP contribution in [0.1, 0.15) is 22.3 Å². The lowest BCUT2D eigenvalue weighted by Gasteiger charge is -2.09. The molecule has 0 saturated carbocycles. The smallest absolute Gasteiger partial charge is 0.224 e. The van der Waals surface area contributed by atoms with Crippen LogP contribution in [0.15, 0.2) is 73.1 Å². The van der Waals surface area contributed by atoms with Crippen molar-refractivity contribution in [1.82, 2.24) is 10.3 Å². The standard InChI is InChI=1S/C22H23N3O/c1-17-3-2-4-20(13-17)16-24-21-7-5-18(6-8-21)14-22(26)25-15-19-9-11-23-12-10-19/h2-13,24H,14-16H2,1H3,(H,25,26). The molecule has 4 heteroatoms. The summed E-state index contributed by atoms with van der Waals surface area (Å²) in [5, 5.41) is 6.34. The zero-order valence-electron chi connectivity index (χ0n) is 14.9. The van der Waals surface area contributed by atoms with Gasteiger partial charge in [0.1, 0.15) is 0 Å². The lowest BCUT2D eigenvalue weighted by atomic mass is 10.1. The summed E-state index contributed by atoms with van der Waals surface area (Å²) in [7, 11) is 0. The van der Waals surface area contributed by atoms with E-state index in [1.165, 1.54) is 11.1 Å². The minimum absolute atomic E-state index is 0.0160. The number of carbonyl (C=O) groups is 1. The first-order valence-corrected chi connectivity index (χ1v) is 8.73. The number of nitrogens with zero attached hydrogens (tertiary/aromatic N) is 1. The number of hydrogen-bond acceptors (Lipinski definition) is 3. The van der Waals surface area contributed by atoms with Gasteiger partial charge in [0.05, 0.1) is 6.42 Å². The summed E-state index contributed by atoms with van der Waals surface area (Å²) in [5.41, 5.74) is 5.61. The van der Waals surface area contributed by atoms with E-state index in [1.807, 2.05) is 36.4 Å². The summed E-state index contributed by atoms with van der Waals surface area (Å²) in [6, 6.07) is 20.3. The Bertz CT molecular complexity index is 845. The largest absolute Gasteiger partial charge is 0.381 e. The fraction of sp³-hybridized carbons (Fsp3) is 0.182. The Morgan fingerprint density at radius 3 is 2.38 bits per heavy atom. The van der Waals surface area contributed by atoms with Crippen LogP contribution in [0.3, 0.4) is 0 Å². The van der Waals surface area contributed by atoms with Gasteiger partial charge in [-0.3, -0.25) is 9.78 Å². The number of benzene rings is 2. The zero-order chi connectivity index (χ0) is 18.2. The Morgan fingerprint density at radius 1 is 0.885 bits per heavy atom. The van der Waals surface area contributed by atoms with Crippen molar-refractivity contribution in [2.45, 2.75) is 26.4 Å². The maximum absolute atomic E-state index is 12.1. The minimum Gasteiger partial charge on any atom is -0.381 e. The molecule has 26 heavy (non-hydrogen) atoms. The molecule has 132 valence electrons. The van der Waals surface area contributed by atoms with E-state index in [9.17, 15) is 4.79 Å². The zero-order valence-corrected chi connectivity index (χ0v) is 14.9. The maximum Gasteiger partial charge on any atom is 0.224 e. The molecular formula is C22H23N3O. The highest BCUT2D eigenvalue weighted by Crippen LogP contribution is 2.12. The molecule has 3 aromatic rings. The van der Waals surface area contributed by atoms with E-state index in [0.717, 1.165) is 23.4 Å². The second-order valence-electron chi connectivity index (χ2n) is 6.35. The van der Waals surface area contributed by atoms with Crippen molar-refractivity contribution < 1.29 is 4.79 Å². The summed E-state index contributed by atoms with van der Waals surface area (Å²) in [6.07, 6.45) is 3.83. The van der Waals surface area contributed by atoms with Gasteiger partial charge in [0.25, 0.3) is 0 Å². The van der Waals surface area contributed by atoms with E-state index in [-0.39, 0.29) is 5.91 Å². The van der Waals surface area contributed by atoms with Crippen LogP contribution in [-0.2, 0) is 24.3 Å². The molecule has 0 fully saturated rings. The molecule has 0 aliphatic heterocycles. The molecule has 0 bridgehead atoms. The van der Waals surface area contributed by atoms with Crippen molar-refractivity contribution in [1.29, 1.82) is 0 Å². The number of carbonyl (C=O) groups excluding carboxylic acids is 1. The fourth-order valence-electron chi connectivity index (χ4n) is 2.72. The lowest BCUT2D eigenvalue weighted by Crippen LogP contribution is -2.24. The molecule has 0 unspecified atom stereocenters. The molecule has 2 aromatic carbocycles. The highest BCUT2D eigenvalue weighted by Gasteiger charge is 2.04. The molecule has 1 amide bonds. The first kappa shape index (κ1) is 17.7. The number of pyridine rings is 1. The Balaban J connectivity index is 1.47. The van der Waals surface area contributed by atoms with Crippen molar-refractivity contribution in [2.24, 2.45) is 0 Å². The van der Waals surface area contributed by atoms with Gasteiger partial charge in [-0.1, -0.05) is 42.0 Å². The molecule has 2 N–H and O–H groups in total. The normalized spacial score (nSPS) is 10.3. The lowest BCUT2D eigenvalue weighted by molar-refractivity contribution is -0.120. The fourth-order valence-corrected chi connectivity index (χ4v) is 2.72. The van der Waals surface area contributed by atoms with Gasteiger partial charge in [0.15, 0.2) is 0 Å². The molecule has 1 aromatic heterocycles. The summed E-state index contributed by atoms with van der Waals surface area (Å²) in [6.45, 7) is 3.41. The van der Waals surface area contributed by atoms with Crippen molar-refractivity contribution in [3.05, 3.63) is 95.3 Å². The highest BCUT2D eigenvalue weighted by atomic mass is 16.1. The predicted molar refractivity (Wildman–Crippen MR) is 105 cm³/mol. The number of anilines is 1. The van der Waals surface area contributed by atoms with Gasteiger partial charge in [0.2, 0.25) is 5.91 Å². The number of aromatic nitrogens is 1. The van der Waals surface area contributed by atoms with Crippen LogP contribution in [0.25, 0.3) is 0 Å². The van der Waals surface area contributed by atoms with E-state index >= 15 is 0 Å². The van der Waals surface area contributed by atoms with Gasteiger partial charge in [0, 0.05) is 31.2 Å². The molecule has 0 radical (unpaired) electrons. The van der Waals surface area contributed by atoms with Crippen molar-refractivity contribution in [3.63, 3.8) is 0 Å². The average molecular weight is 345 g/mol. The van der Waals surface area contributed by atoms with Gasteiger partial charge in [-0.05, 0) is 47.9 Å². The van der Waals surface area contributed by atoms with Gasteiger partial charge in [-0.25, -0.2) is 0 Å². The number of aryl methyl sites for hydroxylation is 1. The minimum atomic E-state index is 0.0160. The van der Waals surface area contributed by atoms with E-state index in [2.05, 4.69) is 46.8 Å². The molecule has 0 aliphatic carbocycles. The third kappa shape index (κ3) is 5.45. The first-order valence-electron chi connectivity index (χ1n) is 8.73. The molecule has 0 spiro atoms. The summed E-state index contributed by atoms with van der Waals surface area (Å²) >= 11 is 0. The van der Waals surface area contributed by atoms with Gasteiger partial charge >= 0.3 is 0 Å². The third-order valence-electron chi connectivity index (χ3n) is 4.14. The molecule has 0 saturated heterocycles. The topological polar surface area (TPSA) is 54.0 Å². The van der Waals surface area contributed by atoms with Gasteiger partial charge in [-0.15, -0.1) is 0 Å². The molecular weight excluding hydrogens is 322 g/mol. The van der Waals surface area contributed by atoms with Crippen LogP contribution in [0.2, 0.25) is 0 Å². The Hall–Kier alpha value is -3.14. The van der Waals surface area contributed by atoms with Gasteiger partial charge in [-0.2, -0.15) is 0 Å². The van der Waals surface area contributed by atoms with Crippen LogP contribution in [-0.4, -0.2) is 10.9 Å². The monoisotopic (exact) mass is 345 g/mol. The van der Waals surface area contributed by atoms with E-state index in [4.69, 9.17) is 0 Å². The average Bonchev–Trinajstić information content (AvgIpc) is 2.67. The van der Waals surface area contributed by atoms with Crippen LogP contribution in [0, 0.1) is 6.92 Å². The van der Waals surface area contributed by atoms with E-state index in [1.54, 1.807) is 12.4 Å².